The summed E-state index contributed by atoms with van der Waals surface area (Å²) in [5.74, 6) is 2.17. The van der Waals surface area contributed by atoms with Crippen LogP contribution in [0, 0.1) is 6.92 Å². The van der Waals surface area contributed by atoms with Crippen molar-refractivity contribution in [1.29, 1.82) is 0 Å². The molecule has 2 aromatic rings. The van der Waals surface area contributed by atoms with Crippen LogP contribution in [0.2, 0.25) is 5.02 Å². The lowest BCUT2D eigenvalue weighted by molar-refractivity contribution is -0.116. The first kappa shape index (κ1) is 22.7. The van der Waals surface area contributed by atoms with Gasteiger partial charge in [0.1, 0.15) is 0 Å². The van der Waals surface area contributed by atoms with Crippen LogP contribution in [0.25, 0.3) is 0 Å². The van der Waals surface area contributed by atoms with Crippen LogP contribution < -0.4 is 10.6 Å². The number of nitrogens with zero attached hydrogens (tertiary/aromatic N) is 1. The minimum atomic E-state index is -0.160. The molecule has 160 valence electrons. The molecule has 1 saturated heterocycles. The van der Waals surface area contributed by atoms with E-state index in [2.05, 4.69) is 33.7 Å². The van der Waals surface area contributed by atoms with Crippen LogP contribution in [0.5, 0.6) is 0 Å². The van der Waals surface area contributed by atoms with E-state index in [9.17, 15) is 9.59 Å². The minimum absolute atomic E-state index is 0.0367. The maximum atomic E-state index is 12.4. The molecule has 0 radical (unpaired) electrons. The molecular weight excluding hydrogens is 418 g/mol. The van der Waals surface area contributed by atoms with Crippen molar-refractivity contribution < 1.29 is 9.59 Å². The summed E-state index contributed by atoms with van der Waals surface area (Å²) in [5, 5.41) is 6.45. The van der Waals surface area contributed by atoms with Crippen LogP contribution in [-0.2, 0) is 11.3 Å². The predicted molar refractivity (Wildman–Crippen MR) is 125 cm³/mol. The molecule has 3 rings (SSSR count). The Balaban J connectivity index is 1.43. The quantitative estimate of drug-likeness (QED) is 0.593. The first-order valence-electron chi connectivity index (χ1n) is 10.2. The van der Waals surface area contributed by atoms with Gasteiger partial charge in [-0.3, -0.25) is 14.5 Å². The number of amides is 2. The van der Waals surface area contributed by atoms with E-state index >= 15 is 0 Å². The molecule has 1 aliphatic rings. The Morgan fingerprint density at radius 1 is 1.10 bits per heavy atom. The number of halogens is 1. The summed E-state index contributed by atoms with van der Waals surface area (Å²) in [4.78, 5) is 26.9. The molecule has 5 nitrogen and oxygen atoms in total. The van der Waals surface area contributed by atoms with Gasteiger partial charge in [-0.2, -0.15) is 11.8 Å². The summed E-state index contributed by atoms with van der Waals surface area (Å²) < 4.78 is 0. The highest BCUT2D eigenvalue weighted by atomic mass is 35.5. The third kappa shape index (κ3) is 7.04. The maximum absolute atomic E-state index is 12.4. The molecule has 0 aliphatic carbocycles. The van der Waals surface area contributed by atoms with Crippen LogP contribution in [0.15, 0.2) is 42.5 Å². The largest absolute Gasteiger partial charge is 0.352 e. The van der Waals surface area contributed by atoms with E-state index in [1.54, 1.807) is 24.3 Å². The number of aryl methyl sites for hydroxylation is 1. The number of hydrogen-bond donors (Lipinski definition) is 2. The van der Waals surface area contributed by atoms with E-state index in [0.29, 0.717) is 30.0 Å². The number of carbonyl (C=O) groups is 2. The Morgan fingerprint density at radius 2 is 1.83 bits per heavy atom. The zero-order chi connectivity index (χ0) is 21.3. The van der Waals surface area contributed by atoms with E-state index in [1.165, 1.54) is 17.1 Å². The normalized spacial score (nSPS) is 14.3. The average molecular weight is 446 g/mol. The van der Waals surface area contributed by atoms with Gasteiger partial charge in [0, 0.05) is 60.4 Å². The Bertz CT molecular complexity index is 867. The molecule has 1 heterocycles. The number of thioether (sulfide) groups is 1. The molecule has 30 heavy (non-hydrogen) atoms. The van der Waals surface area contributed by atoms with Crippen LogP contribution >= 0.6 is 23.4 Å². The van der Waals surface area contributed by atoms with Crippen LogP contribution in [0.1, 0.15) is 34.3 Å². The lowest BCUT2D eigenvalue weighted by atomic mass is 10.1. The highest BCUT2D eigenvalue weighted by Crippen LogP contribution is 2.20. The van der Waals surface area contributed by atoms with Gasteiger partial charge in [0.25, 0.3) is 5.91 Å². The second-order valence-corrected chi connectivity index (χ2v) is 9.11. The van der Waals surface area contributed by atoms with Crippen molar-refractivity contribution in [1.82, 2.24) is 10.2 Å². The average Bonchev–Trinajstić information content (AvgIpc) is 2.75. The lowest BCUT2D eigenvalue weighted by Crippen LogP contribution is -2.32. The molecule has 7 heteroatoms. The van der Waals surface area contributed by atoms with Crippen molar-refractivity contribution in [3.05, 3.63) is 64.2 Å². The number of carbonyl (C=O) groups excluding carboxylic acids is 2. The summed E-state index contributed by atoms with van der Waals surface area (Å²) in [7, 11) is 0. The highest BCUT2D eigenvalue weighted by molar-refractivity contribution is 7.99. The number of rotatable bonds is 8. The summed E-state index contributed by atoms with van der Waals surface area (Å²) in [5.41, 5.74) is 3.70. The molecule has 0 atom stereocenters. The Labute approximate surface area is 187 Å². The maximum Gasteiger partial charge on any atom is 0.251 e. The molecule has 2 amide bonds. The van der Waals surface area contributed by atoms with Crippen molar-refractivity contribution >= 4 is 40.9 Å². The molecule has 1 aliphatic heterocycles. The minimum Gasteiger partial charge on any atom is -0.352 e. The van der Waals surface area contributed by atoms with Crippen LogP contribution in [0.4, 0.5) is 5.69 Å². The number of anilines is 1. The van der Waals surface area contributed by atoms with Gasteiger partial charge in [-0.1, -0.05) is 23.7 Å². The van der Waals surface area contributed by atoms with Gasteiger partial charge in [-0.05, 0) is 54.8 Å². The van der Waals surface area contributed by atoms with Gasteiger partial charge >= 0.3 is 0 Å². The van der Waals surface area contributed by atoms with Crippen molar-refractivity contribution in [2.24, 2.45) is 0 Å². The second kappa shape index (κ2) is 11.4. The van der Waals surface area contributed by atoms with Gasteiger partial charge < -0.3 is 10.6 Å². The summed E-state index contributed by atoms with van der Waals surface area (Å²) >= 11 is 7.84. The molecule has 1 fully saturated rings. The number of nitrogens with one attached hydrogen (secondary N) is 2. The van der Waals surface area contributed by atoms with E-state index in [4.69, 9.17) is 11.6 Å². The summed E-state index contributed by atoms with van der Waals surface area (Å²) in [6.07, 6.45) is 0.934. The van der Waals surface area contributed by atoms with Crippen LogP contribution in [0.3, 0.4) is 0 Å². The van der Waals surface area contributed by atoms with Gasteiger partial charge in [0.05, 0.1) is 0 Å². The fourth-order valence-corrected chi connectivity index (χ4v) is 4.39. The molecule has 0 unspecified atom stereocenters. The molecule has 0 aromatic heterocycles. The van der Waals surface area contributed by atoms with Gasteiger partial charge in [0.15, 0.2) is 0 Å². The molecule has 2 aromatic carbocycles. The topological polar surface area (TPSA) is 61.4 Å². The van der Waals surface area contributed by atoms with E-state index in [-0.39, 0.29) is 11.8 Å². The first-order chi connectivity index (χ1) is 14.5. The standard InChI is InChI=1S/C23H28ClN3O2S/c1-17-4-5-18(16-27-11-13-30-14-12-27)15-21(17)26-22(28)3-2-10-25-23(29)19-6-8-20(24)9-7-19/h4-9,15H,2-3,10-14,16H2,1H3,(H,25,29)(H,26,28). The predicted octanol–water partition coefficient (Wildman–Crippen LogP) is 4.35. The van der Waals surface area contributed by atoms with E-state index in [1.807, 2.05) is 18.7 Å². The third-order valence-electron chi connectivity index (χ3n) is 5.06. The van der Waals surface area contributed by atoms with Crippen molar-refractivity contribution in [3.8, 4) is 0 Å². The van der Waals surface area contributed by atoms with Crippen molar-refractivity contribution in [2.45, 2.75) is 26.3 Å². The first-order valence-corrected chi connectivity index (χ1v) is 11.8. The molecule has 0 saturated carbocycles. The monoisotopic (exact) mass is 445 g/mol. The zero-order valence-corrected chi connectivity index (χ0v) is 18.8. The fourth-order valence-electron chi connectivity index (χ4n) is 3.29. The van der Waals surface area contributed by atoms with E-state index < -0.39 is 0 Å². The SMILES string of the molecule is Cc1ccc(CN2CCSCC2)cc1NC(=O)CCCNC(=O)c1ccc(Cl)cc1. The smallest absolute Gasteiger partial charge is 0.251 e. The lowest BCUT2D eigenvalue weighted by Gasteiger charge is -2.26. The molecule has 2 N–H and O–H groups in total. The fraction of sp³-hybridized carbons (Fsp3) is 0.391. The Hall–Kier alpha value is -2.02. The highest BCUT2D eigenvalue weighted by Gasteiger charge is 2.12. The van der Waals surface area contributed by atoms with Gasteiger partial charge in [0.2, 0.25) is 5.91 Å². The third-order valence-corrected chi connectivity index (χ3v) is 6.25. The molecule has 0 spiro atoms. The number of benzene rings is 2. The van der Waals surface area contributed by atoms with Gasteiger partial charge in [-0.25, -0.2) is 0 Å². The summed E-state index contributed by atoms with van der Waals surface area (Å²) in [6.45, 7) is 5.59. The van der Waals surface area contributed by atoms with Crippen LogP contribution in [-0.4, -0.2) is 47.9 Å². The molecular formula is C23H28ClN3O2S. The van der Waals surface area contributed by atoms with Crippen molar-refractivity contribution in [3.63, 3.8) is 0 Å². The zero-order valence-electron chi connectivity index (χ0n) is 17.2. The number of hydrogen-bond acceptors (Lipinski definition) is 4. The van der Waals surface area contributed by atoms with Gasteiger partial charge in [-0.15, -0.1) is 0 Å². The Kier molecular flexibility index (Phi) is 8.61. The second-order valence-electron chi connectivity index (χ2n) is 7.45. The van der Waals surface area contributed by atoms with E-state index in [0.717, 1.165) is 30.9 Å². The summed E-state index contributed by atoms with van der Waals surface area (Å²) in [6, 6.07) is 13.0. The Morgan fingerprint density at radius 3 is 2.57 bits per heavy atom. The molecule has 0 bridgehead atoms. The van der Waals surface area contributed by atoms with Crippen molar-refractivity contribution in [2.75, 3.05) is 36.5 Å².